The van der Waals surface area contributed by atoms with Crippen molar-refractivity contribution in [2.24, 2.45) is 17.8 Å². The average molecular weight is 355 g/mol. The number of hydrogen-bond donors (Lipinski definition) is 2. The van der Waals surface area contributed by atoms with Gasteiger partial charge in [-0.15, -0.1) is 0 Å². The molecule has 1 unspecified atom stereocenters. The Bertz CT molecular complexity index is 562. The number of nitrogens with zero attached hydrogens (tertiary/aromatic N) is 1. The molecule has 5 nitrogen and oxygen atoms in total. The Balaban J connectivity index is 2.11. The first kappa shape index (κ1) is 15.9. The first-order chi connectivity index (χ1) is 9.92. The zero-order valence-electron chi connectivity index (χ0n) is 12.1. The molecule has 1 amide bonds. The van der Waals surface area contributed by atoms with E-state index in [1.165, 1.54) is 0 Å². The number of halogens is 1. The molecule has 0 radical (unpaired) electrons. The Morgan fingerprint density at radius 3 is 2.67 bits per heavy atom. The lowest BCUT2D eigenvalue weighted by Crippen LogP contribution is -2.30. The normalized spacial score (nSPS) is 24.8. The van der Waals surface area contributed by atoms with Gasteiger partial charge in [-0.25, -0.2) is 4.98 Å². The molecule has 1 fully saturated rings. The minimum Gasteiger partial charge on any atom is -0.481 e. The maximum absolute atomic E-state index is 12.4. The molecule has 0 saturated heterocycles. The van der Waals surface area contributed by atoms with Crippen molar-refractivity contribution in [1.29, 1.82) is 0 Å². The molecule has 1 aromatic rings. The fourth-order valence-electron chi connectivity index (χ4n) is 2.87. The van der Waals surface area contributed by atoms with Crippen LogP contribution in [-0.4, -0.2) is 22.0 Å². The van der Waals surface area contributed by atoms with Crippen LogP contribution in [0, 0.1) is 24.7 Å². The van der Waals surface area contributed by atoms with Gasteiger partial charge in [0.25, 0.3) is 0 Å². The summed E-state index contributed by atoms with van der Waals surface area (Å²) in [6.45, 7) is 3.94. The highest BCUT2D eigenvalue weighted by atomic mass is 79.9. The summed E-state index contributed by atoms with van der Waals surface area (Å²) in [5, 5.41) is 12.0. The molecule has 1 heterocycles. The number of carbonyl (C=O) groups excluding carboxylic acids is 1. The van der Waals surface area contributed by atoms with Gasteiger partial charge in [0.15, 0.2) is 0 Å². The summed E-state index contributed by atoms with van der Waals surface area (Å²) in [4.78, 5) is 27.8. The molecule has 114 valence electrons. The molecule has 1 saturated carbocycles. The number of pyridine rings is 1. The van der Waals surface area contributed by atoms with Crippen molar-refractivity contribution in [3.05, 3.63) is 22.3 Å². The molecule has 21 heavy (non-hydrogen) atoms. The number of hydrogen-bond acceptors (Lipinski definition) is 3. The van der Waals surface area contributed by atoms with Gasteiger partial charge in [-0.2, -0.15) is 0 Å². The molecule has 6 heteroatoms. The topological polar surface area (TPSA) is 79.3 Å². The molecule has 1 aliphatic carbocycles. The molecule has 0 spiro atoms. The van der Waals surface area contributed by atoms with E-state index in [4.69, 9.17) is 0 Å². The van der Waals surface area contributed by atoms with E-state index in [1.807, 2.05) is 13.8 Å². The van der Waals surface area contributed by atoms with Gasteiger partial charge in [0.1, 0.15) is 5.82 Å². The summed E-state index contributed by atoms with van der Waals surface area (Å²) in [7, 11) is 0. The van der Waals surface area contributed by atoms with E-state index in [1.54, 1.807) is 12.3 Å². The Morgan fingerprint density at radius 2 is 2.10 bits per heavy atom. The molecular weight excluding hydrogens is 336 g/mol. The lowest BCUT2D eigenvalue weighted by Gasteiger charge is -2.15. The lowest BCUT2D eigenvalue weighted by molar-refractivity contribution is -0.145. The van der Waals surface area contributed by atoms with Crippen molar-refractivity contribution >= 4 is 33.6 Å². The van der Waals surface area contributed by atoms with E-state index in [2.05, 4.69) is 26.2 Å². The summed E-state index contributed by atoms with van der Waals surface area (Å²) in [6, 6.07) is 1.77. The molecule has 2 rings (SSSR count). The van der Waals surface area contributed by atoms with E-state index < -0.39 is 17.8 Å². The first-order valence-corrected chi connectivity index (χ1v) is 7.87. The van der Waals surface area contributed by atoms with Crippen LogP contribution in [0.15, 0.2) is 16.7 Å². The van der Waals surface area contributed by atoms with Crippen LogP contribution < -0.4 is 5.32 Å². The number of carbonyl (C=O) groups is 2. The monoisotopic (exact) mass is 354 g/mol. The maximum atomic E-state index is 12.4. The number of aliphatic carboxylic acids is 1. The van der Waals surface area contributed by atoms with Crippen molar-refractivity contribution in [2.75, 3.05) is 5.32 Å². The predicted octanol–water partition coefficient (Wildman–Crippen LogP) is 3.23. The van der Waals surface area contributed by atoms with E-state index in [0.29, 0.717) is 24.6 Å². The van der Waals surface area contributed by atoms with Crippen LogP contribution in [0.2, 0.25) is 0 Å². The van der Waals surface area contributed by atoms with Crippen LogP contribution in [0.1, 0.15) is 31.7 Å². The van der Waals surface area contributed by atoms with Crippen molar-refractivity contribution in [2.45, 2.75) is 33.1 Å². The third kappa shape index (κ3) is 3.61. The summed E-state index contributed by atoms with van der Waals surface area (Å²) in [6.07, 6.45) is 3.75. The van der Waals surface area contributed by atoms with Gasteiger partial charge in [0.2, 0.25) is 5.91 Å². The number of amides is 1. The first-order valence-electron chi connectivity index (χ1n) is 7.08. The van der Waals surface area contributed by atoms with Gasteiger partial charge in [0, 0.05) is 10.7 Å². The number of carboxylic acid groups (broad SMARTS) is 1. The molecule has 0 bridgehead atoms. The van der Waals surface area contributed by atoms with E-state index in [0.717, 1.165) is 16.5 Å². The second-order valence-electron chi connectivity index (χ2n) is 5.60. The highest BCUT2D eigenvalue weighted by Gasteiger charge is 2.42. The molecule has 1 aromatic heterocycles. The van der Waals surface area contributed by atoms with Crippen LogP contribution in [0.25, 0.3) is 0 Å². The average Bonchev–Trinajstić information content (AvgIpc) is 2.87. The Labute approximate surface area is 132 Å². The zero-order valence-corrected chi connectivity index (χ0v) is 13.7. The van der Waals surface area contributed by atoms with Gasteiger partial charge in [-0.05, 0) is 53.2 Å². The molecule has 0 aliphatic heterocycles. The van der Waals surface area contributed by atoms with Crippen molar-refractivity contribution in [3.63, 3.8) is 0 Å². The van der Waals surface area contributed by atoms with Crippen LogP contribution in [0.3, 0.4) is 0 Å². The number of rotatable bonds is 4. The van der Waals surface area contributed by atoms with Crippen molar-refractivity contribution in [3.8, 4) is 0 Å². The predicted molar refractivity (Wildman–Crippen MR) is 82.9 cm³/mol. The number of carboxylic acids is 1. The minimum absolute atomic E-state index is 0.243. The van der Waals surface area contributed by atoms with Crippen LogP contribution in [-0.2, 0) is 9.59 Å². The summed E-state index contributed by atoms with van der Waals surface area (Å²) in [5.74, 6) is -1.42. The number of anilines is 1. The zero-order chi connectivity index (χ0) is 15.6. The van der Waals surface area contributed by atoms with Gasteiger partial charge < -0.3 is 10.4 Å². The molecule has 3 atom stereocenters. The van der Waals surface area contributed by atoms with Crippen LogP contribution in [0.5, 0.6) is 0 Å². The van der Waals surface area contributed by atoms with Crippen LogP contribution >= 0.6 is 15.9 Å². The Hall–Kier alpha value is -1.43. The Morgan fingerprint density at radius 1 is 1.43 bits per heavy atom. The third-order valence-corrected chi connectivity index (χ3v) is 5.02. The van der Waals surface area contributed by atoms with E-state index in [-0.39, 0.29) is 5.91 Å². The van der Waals surface area contributed by atoms with Gasteiger partial charge in [-0.3, -0.25) is 9.59 Å². The Kier molecular flexibility index (Phi) is 4.98. The fraction of sp³-hybridized carbons (Fsp3) is 0.533. The molecule has 0 aromatic carbocycles. The summed E-state index contributed by atoms with van der Waals surface area (Å²) < 4.78 is 0.871. The van der Waals surface area contributed by atoms with Gasteiger partial charge >= 0.3 is 5.97 Å². The number of aromatic nitrogens is 1. The standard InChI is InChI=1S/C15H19BrN2O3/c1-3-9-5-10(11(6-9)15(20)21)14(19)18-13-4-8(2)12(16)7-17-13/h4,7,9-11H,3,5-6H2,1-2H3,(H,20,21)(H,17,18,19)/t9?,10-,11+/m0/s1. The van der Waals surface area contributed by atoms with Crippen LogP contribution in [0.4, 0.5) is 5.82 Å². The quantitative estimate of drug-likeness (QED) is 0.869. The lowest BCUT2D eigenvalue weighted by atomic mass is 9.95. The maximum Gasteiger partial charge on any atom is 0.307 e. The molecular formula is C15H19BrN2O3. The number of aryl methyl sites for hydroxylation is 1. The van der Waals surface area contributed by atoms with Crippen molar-refractivity contribution < 1.29 is 14.7 Å². The largest absolute Gasteiger partial charge is 0.481 e. The highest BCUT2D eigenvalue weighted by Crippen LogP contribution is 2.39. The SMILES string of the molecule is CCC1C[C@H](C(=O)Nc2cc(C)c(Br)cn2)[C@H](C(=O)O)C1. The smallest absolute Gasteiger partial charge is 0.307 e. The van der Waals surface area contributed by atoms with Crippen molar-refractivity contribution in [1.82, 2.24) is 4.98 Å². The highest BCUT2D eigenvalue weighted by molar-refractivity contribution is 9.10. The van der Waals surface area contributed by atoms with Gasteiger partial charge in [-0.1, -0.05) is 13.3 Å². The van der Waals surface area contributed by atoms with E-state index >= 15 is 0 Å². The van der Waals surface area contributed by atoms with Gasteiger partial charge in [0.05, 0.1) is 11.8 Å². The fourth-order valence-corrected chi connectivity index (χ4v) is 3.08. The summed E-state index contributed by atoms with van der Waals surface area (Å²) in [5.41, 5.74) is 0.966. The summed E-state index contributed by atoms with van der Waals surface area (Å²) >= 11 is 3.35. The second-order valence-corrected chi connectivity index (χ2v) is 6.46. The second kappa shape index (κ2) is 6.56. The third-order valence-electron chi connectivity index (χ3n) is 4.19. The number of nitrogens with one attached hydrogen (secondary N) is 1. The molecule has 1 aliphatic rings. The van der Waals surface area contributed by atoms with E-state index in [9.17, 15) is 14.7 Å². The molecule has 2 N–H and O–H groups in total. The minimum atomic E-state index is -0.883.